The fourth-order valence-corrected chi connectivity index (χ4v) is 3.77. The summed E-state index contributed by atoms with van der Waals surface area (Å²) in [6.07, 6.45) is 1.62. The molecule has 1 aliphatic rings. The van der Waals surface area contributed by atoms with Crippen molar-refractivity contribution in [3.05, 3.63) is 69.7 Å². The number of hydrogen-bond donors (Lipinski definition) is 1. The smallest absolute Gasteiger partial charge is 0.251 e. The molecule has 0 aromatic heterocycles. The van der Waals surface area contributed by atoms with Crippen molar-refractivity contribution in [1.29, 1.82) is 0 Å². The third kappa shape index (κ3) is 3.75. The maximum atomic E-state index is 12.4. The van der Waals surface area contributed by atoms with Crippen molar-refractivity contribution >= 4 is 29.1 Å². The lowest BCUT2D eigenvalue weighted by molar-refractivity contribution is 0.0487. The van der Waals surface area contributed by atoms with E-state index < -0.39 is 0 Å². The van der Waals surface area contributed by atoms with Crippen molar-refractivity contribution in [2.75, 3.05) is 19.8 Å². The fraction of sp³-hybridized carbons (Fsp3) is 0.316. The van der Waals surface area contributed by atoms with E-state index in [4.69, 9.17) is 27.9 Å². The molecule has 24 heavy (non-hydrogen) atoms. The molecule has 5 heteroatoms. The van der Waals surface area contributed by atoms with Crippen LogP contribution >= 0.6 is 23.2 Å². The highest BCUT2D eigenvalue weighted by molar-refractivity contribution is 6.35. The van der Waals surface area contributed by atoms with Crippen LogP contribution in [-0.4, -0.2) is 25.7 Å². The number of hydrogen-bond acceptors (Lipinski definition) is 2. The van der Waals surface area contributed by atoms with E-state index in [1.54, 1.807) is 18.2 Å². The van der Waals surface area contributed by atoms with Crippen LogP contribution in [0.1, 0.15) is 28.8 Å². The van der Waals surface area contributed by atoms with E-state index in [1.807, 2.05) is 30.3 Å². The van der Waals surface area contributed by atoms with Gasteiger partial charge < -0.3 is 10.1 Å². The van der Waals surface area contributed by atoms with Crippen molar-refractivity contribution in [3.63, 3.8) is 0 Å². The predicted molar refractivity (Wildman–Crippen MR) is 97.0 cm³/mol. The first-order chi connectivity index (χ1) is 11.6. The molecule has 2 aromatic carbocycles. The summed E-state index contributed by atoms with van der Waals surface area (Å²) in [5, 5.41) is 4.31. The zero-order valence-electron chi connectivity index (χ0n) is 13.2. The highest BCUT2D eigenvalue weighted by Crippen LogP contribution is 2.39. The summed E-state index contributed by atoms with van der Waals surface area (Å²) >= 11 is 12.5. The van der Waals surface area contributed by atoms with Crippen LogP contribution in [0.25, 0.3) is 0 Å². The molecule has 1 saturated heterocycles. The van der Waals surface area contributed by atoms with Gasteiger partial charge in [-0.1, -0.05) is 47.5 Å². The molecule has 1 fully saturated rings. The SMILES string of the molecule is O=C(NCC1(c2ccc(Cl)cc2Cl)CCOCC1)c1ccccc1. The van der Waals surface area contributed by atoms with Gasteiger partial charge in [-0.05, 0) is 42.7 Å². The first-order valence-electron chi connectivity index (χ1n) is 7.97. The summed E-state index contributed by atoms with van der Waals surface area (Å²) in [5.74, 6) is -0.0773. The highest BCUT2D eigenvalue weighted by atomic mass is 35.5. The minimum absolute atomic E-state index is 0.0773. The highest BCUT2D eigenvalue weighted by Gasteiger charge is 2.36. The number of carbonyl (C=O) groups is 1. The normalized spacial score (nSPS) is 16.6. The van der Waals surface area contributed by atoms with Crippen LogP contribution in [0.4, 0.5) is 0 Å². The lowest BCUT2D eigenvalue weighted by Gasteiger charge is -2.38. The van der Waals surface area contributed by atoms with Crippen LogP contribution in [0.15, 0.2) is 48.5 Å². The summed E-state index contributed by atoms with van der Waals surface area (Å²) in [6.45, 7) is 1.83. The molecule has 0 aliphatic carbocycles. The van der Waals surface area contributed by atoms with Gasteiger partial charge >= 0.3 is 0 Å². The van der Waals surface area contributed by atoms with E-state index in [0.717, 1.165) is 18.4 Å². The first-order valence-corrected chi connectivity index (χ1v) is 8.73. The van der Waals surface area contributed by atoms with E-state index in [2.05, 4.69) is 5.32 Å². The van der Waals surface area contributed by atoms with Crippen LogP contribution in [0.5, 0.6) is 0 Å². The van der Waals surface area contributed by atoms with Gasteiger partial charge in [0, 0.05) is 40.8 Å². The summed E-state index contributed by atoms with van der Waals surface area (Å²) in [7, 11) is 0. The van der Waals surface area contributed by atoms with Crippen LogP contribution < -0.4 is 5.32 Å². The number of ether oxygens (including phenoxy) is 1. The molecule has 126 valence electrons. The second-order valence-electron chi connectivity index (χ2n) is 6.07. The van der Waals surface area contributed by atoms with E-state index in [9.17, 15) is 4.79 Å². The average Bonchev–Trinajstić information content (AvgIpc) is 2.61. The maximum Gasteiger partial charge on any atom is 0.251 e. The fourth-order valence-electron chi connectivity index (χ4n) is 3.16. The zero-order valence-corrected chi connectivity index (χ0v) is 14.7. The molecule has 3 rings (SSSR count). The second kappa shape index (κ2) is 7.56. The van der Waals surface area contributed by atoms with Gasteiger partial charge in [-0.25, -0.2) is 0 Å². The van der Waals surface area contributed by atoms with Crippen LogP contribution in [0.3, 0.4) is 0 Å². The Morgan fingerprint density at radius 1 is 1.08 bits per heavy atom. The van der Waals surface area contributed by atoms with Crippen LogP contribution in [-0.2, 0) is 10.2 Å². The molecule has 1 heterocycles. The molecule has 0 saturated carbocycles. The van der Waals surface area contributed by atoms with Crippen molar-refractivity contribution in [1.82, 2.24) is 5.32 Å². The van der Waals surface area contributed by atoms with Gasteiger partial charge in [0.1, 0.15) is 0 Å². The van der Waals surface area contributed by atoms with Gasteiger partial charge in [0.15, 0.2) is 0 Å². The molecular weight excluding hydrogens is 345 g/mol. The van der Waals surface area contributed by atoms with Gasteiger partial charge in [0.05, 0.1) is 0 Å². The first kappa shape index (κ1) is 17.3. The molecule has 0 atom stereocenters. The van der Waals surface area contributed by atoms with E-state index in [0.29, 0.717) is 35.4 Å². The summed E-state index contributed by atoms with van der Waals surface area (Å²) in [5.41, 5.74) is 1.44. The Morgan fingerprint density at radius 3 is 2.46 bits per heavy atom. The quantitative estimate of drug-likeness (QED) is 0.869. The van der Waals surface area contributed by atoms with Crippen molar-refractivity contribution in [2.24, 2.45) is 0 Å². The Balaban J connectivity index is 1.82. The topological polar surface area (TPSA) is 38.3 Å². The van der Waals surface area contributed by atoms with E-state index in [1.165, 1.54) is 0 Å². The standard InChI is InChI=1S/C19H19Cl2NO2/c20-15-6-7-16(17(21)12-15)19(8-10-24-11-9-19)13-22-18(23)14-4-2-1-3-5-14/h1-7,12H,8-11,13H2,(H,22,23). The minimum Gasteiger partial charge on any atom is -0.381 e. The molecule has 1 N–H and O–H groups in total. The number of amides is 1. The average molecular weight is 364 g/mol. The summed E-state index contributed by atoms with van der Waals surface area (Å²) < 4.78 is 5.52. The van der Waals surface area contributed by atoms with Crippen molar-refractivity contribution < 1.29 is 9.53 Å². The molecule has 2 aromatic rings. The lowest BCUT2D eigenvalue weighted by Crippen LogP contribution is -2.44. The number of halogens is 2. The molecule has 3 nitrogen and oxygen atoms in total. The molecule has 1 aliphatic heterocycles. The van der Waals surface area contributed by atoms with E-state index in [-0.39, 0.29) is 11.3 Å². The summed E-state index contributed by atoms with van der Waals surface area (Å²) in [6, 6.07) is 14.8. The molecule has 0 spiro atoms. The van der Waals surface area contributed by atoms with Gasteiger partial charge in [0.25, 0.3) is 5.91 Å². The Kier molecular flexibility index (Phi) is 5.44. The Morgan fingerprint density at radius 2 is 1.79 bits per heavy atom. The number of benzene rings is 2. The van der Waals surface area contributed by atoms with Crippen molar-refractivity contribution in [3.8, 4) is 0 Å². The maximum absolute atomic E-state index is 12.4. The minimum atomic E-state index is -0.232. The largest absolute Gasteiger partial charge is 0.381 e. The number of carbonyl (C=O) groups excluding carboxylic acids is 1. The van der Waals surface area contributed by atoms with Gasteiger partial charge in [-0.2, -0.15) is 0 Å². The molecule has 1 amide bonds. The monoisotopic (exact) mass is 363 g/mol. The van der Waals surface area contributed by atoms with Crippen LogP contribution in [0, 0.1) is 0 Å². The number of nitrogens with one attached hydrogen (secondary N) is 1. The van der Waals surface area contributed by atoms with Gasteiger partial charge in [-0.15, -0.1) is 0 Å². The molecule has 0 radical (unpaired) electrons. The predicted octanol–water partition coefficient (Wildman–Crippen LogP) is 4.47. The van der Waals surface area contributed by atoms with E-state index >= 15 is 0 Å². The van der Waals surface area contributed by atoms with Crippen molar-refractivity contribution in [2.45, 2.75) is 18.3 Å². The second-order valence-corrected chi connectivity index (χ2v) is 6.91. The van der Waals surface area contributed by atoms with Gasteiger partial charge in [-0.3, -0.25) is 4.79 Å². The molecular formula is C19H19Cl2NO2. The molecule has 0 unspecified atom stereocenters. The Bertz CT molecular complexity index is 713. The lowest BCUT2D eigenvalue weighted by atomic mass is 9.74. The zero-order chi connectivity index (χ0) is 17.0. The van der Waals surface area contributed by atoms with Crippen LogP contribution in [0.2, 0.25) is 10.0 Å². The third-order valence-electron chi connectivity index (χ3n) is 4.58. The summed E-state index contributed by atoms with van der Waals surface area (Å²) in [4.78, 5) is 12.4. The number of rotatable bonds is 4. The third-order valence-corrected chi connectivity index (χ3v) is 5.12. The Labute approximate surface area is 151 Å². The Hall–Kier alpha value is -1.55. The molecule has 0 bridgehead atoms. The van der Waals surface area contributed by atoms with Gasteiger partial charge in [0.2, 0.25) is 0 Å².